The van der Waals surface area contributed by atoms with Crippen LogP contribution in [0.3, 0.4) is 0 Å². The molecule has 0 aliphatic carbocycles. The van der Waals surface area contributed by atoms with Crippen LogP contribution in [0.15, 0.2) is 6.20 Å². The molecule has 13 heavy (non-hydrogen) atoms. The maximum absolute atomic E-state index is 11.1. The number of aryl methyl sites for hydroxylation is 2. The van der Waals surface area contributed by atoms with Crippen LogP contribution in [-0.2, 0) is 18.3 Å². The van der Waals surface area contributed by atoms with Gasteiger partial charge in [0.2, 0.25) is 5.91 Å². The third-order valence-electron chi connectivity index (χ3n) is 1.84. The Balaban J connectivity index is 2.80. The van der Waals surface area contributed by atoms with Crippen LogP contribution in [0, 0.1) is 0 Å². The summed E-state index contributed by atoms with van der Waals surface area (Å²) in [4.78, 5) is 11.1. The average Bonchev–Trinajstić information content (AvgIpc) is 2.46. The molecule has 1 heterocycles. The number of carbonyl (C=O) groups excluding carboxylic acids is 1. The Morgan fingerprint density at radius 2 is 2.31 bits per heavy atom. The highest BCUT2D eigenvalue weighted by Gasteiger charge is 2.07. The molecule has 0 atom stereocenters. The van der Waals surface area contributed by atoms with Gasteiger partial charge in [0.25, 0.3) is 0 Å². The van der Waals surface area contributed by atoms with Crippen molar-refractivity contribution < 1.29 is 4.79 Å². The van der Waals surface area contributed by atoms with Crippen LogP contribution in [0.1, 0.15) is 26.0 Å². The Bertz CT molecular complexity index is 304. The predicted molar refractivity (Wildman–Crippen MR) is 51.5 cm³/mol. The molecule has 1 aromatic heterocycles. The van der Waals surface area contributed by atoms with Crippen LogP contribution >= 0.6 is 0 Å². The Morgan fingerprint density at radius 3 is 2.85 bits per heavy atom. The molecule has 4 nitrogen and oxygen atoms in total. The molecule has 0 bridgehead atoms. The molecule has 0 fully saturated rings. The zero-order valence-electron chi connectivity index (χ0n) is 8.29. The number of amides is 1. The molecule has 0 spiro atoms. The molecule has 0 aliphatic heterocycles. The quantitative estimate of drug-likeness (QED) is 0.764. The maximum Gasteiger partial charge on any atom is 0.224 e. The van der Waals surface area contributed by atoms with Gasteiger partial charge >= 0.3 is 0 Å². The van der Waals surface area contributed by atoms with E-state index in [0.29, 0.717) is 6.42 Å². The van der Waals surface area contributed by atoms with Gasteiger partial charge in [0.1, 0.15) is 0 Å². The van der Waals surface area contributed by atoms with Crippen LogP contribution in [0.25, 0.3) is 0 Å². The Labute approximate surface area is 77.9 Å². The number of anilines is 1. The topological polar surface area (TPSA) is 46.9 Å². The first-order chi connectivity index (χ1) is 6.17. The van der Waals surface area contributed by atoms with Gasteiger partial charge in [-0.15, -0.1) is 0 Å². The standard InChI is InChI=1S/C9H15N3O/c1-4-7-8(6-12(3)11-7)10-9(13)5-2/h6H,4-5H2,1-3H3,(H,10,13). The van der Waals surface area contributed by atoms with Crippen molar-refractivity contribution in [2.45, 2.75) is 26.7 Å². The molecule has 0 unspecified atom stereocenters. The summed E-state index contributed by atoms with van der Waals surface area (Å²) in [6, 6.07) is 0. The summed E-state index contributed by atoms with van der Waals surface area (Å²) < 4.78 is 1.71. The Kier molecular flexibility index (Phi) is 3.06. The number of carbonyl (C=O) groups is 1. The number of hydrogen-bond donors (Lipinski definition) is 1. The number of aromatic nitrogens is 2. The lowest BCUT2D eigenvalue weighted by Crippen LogP contribution is -2.10. The minimum Gasteiger partial charge on any atom is -0.323 e. The molecular formula is C9H15N3O. The fraction of sp³-hybridized carbons (Fsp3) is 0.556. The number of nitrogens with zero attached hydrogens (tertiary/aromatic N) is 2. The van der Waals surface area contributed by atoms with E-state index in [1.165, 1.54) is 0 Å². The fourth-order valence-electron chi connectivity index (χ4n) is 1.14. The summed E-state index contributed by atoms with van der Waals surface area (Å²) in [5, 5.41) is 7.03. The van der Waals surface area contributed by atoms with Crippen molar-refractivity contribution in [3.05, 3.63) is 11.9 Å². The second-order valence-electron chi connectivity index (χ2n) is 2.92. The molecule has 0 aromatic carbocycles. The summed E-state index contributed by atoms with van der Waals surface area (Å²) in [5.74, 6) is 0.0303. The van der Waals surface area contributed by atoms with E-state index in [1.807, 2.05) is 27.1 Å². The van der Waals surface area contributed by atoms with E-state index < -0.39 is 0 Å². The van der Waals surface area contributed by atoms with Gasteiger partial charge in [0.15, 0.2) is 0 Å². The first-order valence-electron chi connectivity index (χ1n) is 4.49. The molecule has 4 heteroatoms. The summed E-state index contributed by atoms with van der Waals surface area (Å²) >= 11 is 0. The highest BCUT2D eigenvalue weighted by Crippen LogP contribution is 2.13. The minimum absolute atomic E-state index is 0.0303. The molecule has 72 valence electrons. The van der Waals surface area contributed by atoms with Crippen molar-refractivity contribution in [2.75, 3.05) is 5.32 Å². The Morgan fingerprint density at radius 1 is 1.62 bits per heavy atom. The van der Waals surface area contributed by atoms with Crippen molar-refractivity contribution in [1.29, 1.82) is 0 Å². The second-order valence-corrected chi connectivity index (χ2v) is 2.92. The molecule has 1 N–H and O–H groups in total. The third-order valence-corrected chi connectivity index (χ3v) is 1.84. The molecule has 0 aliphatic rings. The largest absolute Gasteiger partial charge is 0.323 e. The first kappa shape index (κ1) is 9.77. The van der Waals surface area contributed by atoms with Crippen LogP contribution in [-0.4, -0.2) is 15.7 Å². The summed E-state index contributed by atoms with van der Waals surface area (Å²) in [5.41, 5.74) is 1.76. The maximum atomic E-state index is 11.1. The van der Waals surface area contributed by atoms with E-state index in [2.05, 4.69) is 10.4 Å². The third kappa shape index (κ3) is 2.31. The van der Waals surface area contributed by atoms with Crippen molar-refractivity contribution in [1.82, 2.24) is 9.78 Å². The van der Waals surface area contributed by atoms with E-state index in [1.54, 1.807) is 4.68 Å². The highest BCUT2D eigenvalue weighted by atomic mass is 16.1. The van der Waals surface area contributed by atoms with Gasteiger partial charge in [0.05, 0.1) is 11.4 Å². The van der Waals surface area contributed by atoms with Crippen molar-refractivity contribution in [2.24, 2.45) is 7.05 Å². The lowest BCUT2D eigenvalue weighted by Gasteiger charge is -2.00. The zero-order valence-corrected chi connectivity index (χ0v) is 8.29. The SMILES string of the molecule is CCC(=O)Nc1cn(C)nc1CC. The van der Waals surface area contributed by atoms with E-state index >= 15 is 0 Å². The van der Waals surface area contributed by atoms with Gasteiger partial charge < -0.3 is 5.32 Å². The predicted octanol–water partition coefficient (Wildman–Crippen LogP) is 1.33. The van der Waals surface area contributed by atoms with Gasteiger partial charge in [-0.1, -0.05) is 13.8 Å². The molecule has 1 aromatic rings. The zero-order chi connectivity index (χ0) is 9.84. The van der Waals surface area contributed by atoms with E-state index in [-0.39, 0.29) is 5.91 Å². The number of rotatable bonds is 3. The normalized spacial score (nSPS) is 10.1. The molecule has 0 saturated carbocycles. The van der Waals surface area contributed by atoms with Gasteiger partial charge in [-0.25, -0.2) is 0 Å². The molecule has 0 radical (unpaired) electrons. The monoisotopic (exact) mass is 181 g/mol. The molecule has 1 amide bonds. The highest BCUT2D eigenvalue weighted by molar-refractivity contribution is 5.90. The van der Waals surface area contributed by atoms with Crippen molar-refractivity contribution in [3.8, 4) is 0 Å². The lowest BCUT2D eigenvalue weighted by molar-refractivity contribution is -0.115. The van der Waals surface area contributed by atoms with Crippen molar-refractivity contribution >= 4 is 11.6 Å². The number of nitrogens with one attached hydrogen (secondary N) is 1. The molecular weight excluding hydrogens is 166 g/mol. The second kappa shape index (κ2) is 4.07. The minimum atomic E-state index is 0.0303. The van der Waals surface area contributed by atoms with E-state index in [4.69, 9.17) is 0 Å². The number of hydrogen-bond acceptors (Lipinski definition) is 2. The summed E-state index contributed by atoms with van der Waals surface area (Å²) in [6.07, 6.45) is 3.16. The van der Waals surface area contributed by atoms with Gasteiger partial charge in [-0.2, -0.15) is 5.10 Å². The summed E-state index contributed by atoms with van der Waals surface area (Å²) in [7, 11) is 1.85. The van der Waals surface area contributed by atoms with Crippen LogP contribution < -0.4 is 5.32 Å². The smallest absolute Gasteiger partial charge is 0.224 e. The van der Waals surface area contributed by atoms with Crippen LogP contribution in [0.4, 0.5) is 5.69 Å². The van der Waals surface area contributed by atoms with Gasteiger partial charge in [-0.3, -0.25) is 9.48 Å². The van der Waals surface area contributed by atoms with Crippen LogP contribution in [0.5, 0.6) is 0 Å². The van der Waals surface area contributed by atoms with Gasteiger partial charge in [-0.05, 0) is 6.42 Å². The van der Waals surface area contributed by atoms with E-state index in [9.17, 15) is 4.79 Å². The lowest BCUT2D eigenvalue weighted by atomic mass is 10.3. The summed E-state index contributed by atoms with van der Waals surface area (Å²) in [6.45, 7) is 3.85. The molecule has 1 rings (SSSR count). The fourth-order valence-corrected chi connectivity index (χ4v) is 1.14. The van der Waals surface area contributed by atoms with Crippen LogP contribution in [0.2, 0.25) is 0 Å². The average molecular weight is 181 g/mol. The van der Waals surface area contributed by atoms with E-state index in [0.717, 1.165) is 17.8 Å². The molecule has 0 saturated heterocycles. The first-order valence-corrected chi connectivity index (χ1v) is 4.49. The van der Waals surface area contributed by atoms with Crippen molar-refractivity contribution in [3.63, 3.8) is 0 Å². The Hall–Kier alpha value is -1.32. The van der Waals surface area contributed by atoms with Gasteiger partial charge in [0, 0.05) is 19.7 Å².